The van der Waals surface area contributed by atoms with Gasteiger partial charge in [0.25, 0.3) is 0 Å². The molecule has 150 valence electrons. The van der Waals surface area contributed by atoms with Crippen LogP contribution in [0.25, 0.3) is 0 Å². The summed E-state index contributed by atoms with van der Waals surface area (Å²) < 4.78 is 0. The summed E-state index contributed by atoms with van der Waals surface area (Å²) in [5.41, 5.74) is 2.88. The molecule has 0 aromatic heterocycles. The van der Waals surface area contributed by atoms with Gasteiger partial charge in [0.05, 0.1) is 6.42 Å². The monoisotopic (exact) mass is 400 g/mol. The van der Waals surface area contributed by atoms with Crippen molar-refractivity contribution in [3.63, 3.8) is 0 Å². The molecule has 0 fully saturated rings. The van der Waals surface area contributed by atoms with Crippen molar-refractivity contribution < 1.29 is 9.59 Å². The van der Waals surface area contributed by atoms with Crippen molar-refractivity contribution in [3.05, 3.63) is 70.2 Å². The van der Waals surface area contributed by atoms with Gasteiger partial charge in [0.1, 0.15) is 6.04 Å². The molecule has 2 aromatic rings. The van der Waals surface area contributed by atoms with Crippen LogP contribution >= 0.6 is 11.6 Å². The van der Waals surface area contributed by atoms with Crippen LogP contribution in [-0.4, -0.2) is 28.8 Å². The minimum atomic E-state index is -0.579. The van der Waals surface area contributed by atoms with E-state index in [9.17, 15) is 9.59 Å². The van der Waals surface area contributed by atoms with E-state index in [0.717, 1.165) is 23.1 Å². The summed E-state index contributed by atoms with van der Waals surface area (Å²) in [6, 6.07) is 14.8. The van der Waals surface area contributed by atoms with E-state index in [2.05, 4.69) is 5.32 Å². The summed E-state index contributed by atoms with van der Waals surface area (Å²) in [7, 11) is 0. The molecule has 0 heterocycles. The molecule has 0 radical (unpaired) electrons. The lowest BCUT2D eigenvalue weighted by Gasteiger charge is -2.30. The molecular weight excluding hydrogens is 372 g/mol. The molecule has 0 aliphatic rings. The number of amides is 2. The zero-order valence-corrected chi connectivity index (χ0v) is 17.8. The lowest BCUT2D eigenvalue weighted by molar-refractivity contribution is -0.140. The SMILES string of the molecule is CC[C@H](C)NC(=O)[C@@H](C)N(Cc1cccc(C)c1)C(=O)Cc1ccccc1Cl. The van der Waals surface area contributed by atoms with Crippen LogP contribution in [0.2, 0.25) is 5.02 Å². The minimum Gasteiger partial charge on any atom is -0.352 e. The van der Waals surface area contributed by atoms with Gasteiger partial charge >= 0.3 is 0 Å². The van der Waals surface area contributed by atoms with E-state index in [0.29, 0.717) is 11.6 Å². The molecule has 2 aromatic carbocycles. The Bertz CT molecular complexity index is 822. The molecule has 0 unspecified atom stereocenters. The summed E-state index contributed by atoms with van der Waals surface area (Å²) >= 11 is 6.23. The van der Waals surface area contributed by atoms with Gasteiger partial charge in [0.15, 0.2) is 0 Å². The van der Waals surface area contributed by atoms with Crippen LogP contribution in [0.1, 0.15) is 43.9 Å². The van der Waals surface area contributed by atoms with Gasteiger partial charge < -0.3 is 10.2 Å². The second-order valence-electron chi connectivity index (χ2n) is 7.27. The maximum Gasteiger partial charge on any atom is 0.242 e. The minimum absolute atomic E-state index is 0.0643. The van der Waals surface area contributed by atoms with Crippen molar-refractivity contribution in [1.29, 1.82) is 0 Å². The number of nitrogens with one attached hydrogen (secondary N) is 1. The van der Waals surface area contributed by atoms with Crippen LogP contribution in [0.5, 0.6) is 0 Å². The molecule has 2 atom stereocenters. The third-order valence-electron chi connectivity index (χ3n) is 4.90. The lowest BCUT2D eigenvalue weighted by atomic mass is 10.1. The summed E-state index contributed by atoms with van der Waals surface area (Å²) in [6.07, 6.45) is 0.996. The number of nitrogens with zero attached hydrogens (tertiary/aromatic N) is 1. The summed E-state index contributed by atoms with van der Waals surface area (Å²) in [5.74, 6) is -0.268. The molecule has 1 N–H and O–H groups in total. The van der Waals surface area contributed by atoms with Crippen molar-refractivity contribution in [1.82, 2.24) is 10.2 Å². The van der Waals surface area contributed by atoms with Crippen LogP contribution in [0.4, 0.5) is 0 Å². The first-order chi connectivity index (χ1) is 13.3. The quantitative estimate of drug-likeness (QED) is 0.708. The summed E-state index contributed by atoms with van der Waals surface area (Å²) in [6.45, 7) is 8.14. The first-order valence-corrected chi connectivity index (χ1v) is 10.1. The Hall–Kier alpha value is -2.33. The number of aryl methyl sites for hydroxylation is 1. The number of halogens is 1. The molecule has 2 amide bonds. The van der Waals surface area contributed by atoms with Crippen LogP contribution in [-0.2, 0) is 22.6 Å². The molecule has 0 aliphatic carbocycles. The number of carbonyl (C=O) groups excluding carboxylic acids is 2. The summed E-state index contributed by atoms with van der Waals surface area (Å²) in [4.78, 5) is 27.5. The van der Waals surface area contributed by atoms with Gasteiger partial charge in [-0.25, -0.2) is 0 Å². The lowest BCUT2D eigenvalue weighted by Crippen LogP contribution is -2.49. The Morgan fingerprint density at radius 2 is 1.82 bits per heavy atom. The van der Waals surface area contributed by atoms with Crippen molar-refractivity contribution in [2.24, 2.45) is 0 Å². The first-order valence-electron chi connectivity index (χ1n) is 9.70. The highest BCUT2D eigenvalue weighted by atomic mass is 35.5. The fraction of sp³-hybridized carbons (Fsp3) is 0.391. The van der Waals surface area contributed by atoms with Gasteiger partial charge in [-0.2, -0.15) is 0 Å². The smallest absolute Gasteiger partial charge is 0.242 e. The van der Waals surface area contributed by atoms with Gasteiger partial charge in [0, 0.05) is 17.6 Å². The van der Waals surface area contributed by atoms with Gasteiger partial charge in [-0.1, -0.05) is 66.6 Å². The molecular formula is C23H29ClN2O2. The van der Waals surface area contributed by atoms with E-state index in [1.54, 1.807) is 17.9 Å². The maximum atomic E-state index is 13.1. The number of carbonyl (C=O) groups is 2. The van der Waals surface area contributed by atoms with Crippen LogP contribution in [0, 0.1) is 6.92 Å². The number of hydrogen-bond acceptors (Lipinski definition) is 2. The Kier molecular flexibility index (Phi) is 8.06. The highest BCUT2D eigenvalue weighted by Crippen LogP contribution is 2.18. The molecule has 0 bridgehead atoms. The van der Waals surface area contributed by atoms with E-state index in [4.69, 9.17) is 11.6 Å². The Morgan fingerprint density at radius 3 is 2.46 bits per heavy atom. The highest BCUT2D eigenvalue weighted by Gasteiger charge is 2.27. The van der Waals surface area contributed by atoms with Crippen molar-refractivity contribution in [2.75, 3.05) is 0 Å². The molecule has 2 rings (SSSR count). The van der Waals surface area contributed by atoms with Crippen LogP contribution in [0.15, 0.2) is 48.5 Å². The average Bonchev–Trinajstić information content (AvgIpc) is 2.67. The summed E-state index contributed by atoms with van der Waals surface area (Å²) in [5, 5.41) is 3.54. The van der Waals surface area contributed by atoms with Crippen molar-refractivity contribution in [2.45, 2.75) is 59.2 Å². The normalized spacial score (nSPS) is 12.9. The predicted molar refractivity (Wildman–Crippen MR) is 114 cm³/mol. The Morgan fingerprint density at radius 1 is 1.11 bits per heavy atom. The van der Waals surface area contributed by atoms with E-state index >= 15 is 0 Å². The molecule has 0 saturated heterocycles. The Labute approximate surface area is 172 Å². The predicted octanol–water partition coefficient (Wildman–Crippen LogP) is 4.52. The number of rotatable bonds is 8. The number of hydrogen-bond donors (Lipinski definition) is 1. The number of benzene rings is 2. The highest BCUT2D eigenvalue weighted by molar-refractivity contribution is 6.31. The topological polar surface area (TPSA) is 49.4 Å². The maximum absolute atomic E-state index is 13.1. The molecule has 0 aliphatic heterocycles. The third kappa shape index (κ3) is 6.10. The zero-order valence-electron chi connectivity index (χ0n) is 17.0. The van der Waals surface area contributed by atoms with Crippen molar-refractivity contribution >= 4 is 23.4 Å². The van der Waals surface area contributed by atoms with E-state index < -0.39 is 6.04 Å². The van der Waals surface area contributed by atoms with Gasteiger partial charge in [-0.15, -0.1) is 0 Å². The van der Waals surface area contributed by atoms with Gasteiger partial charge in [-0.3, -0.25) is 9.59 Å². The van der Waals surface area contributed by atoms with Gasteiger partial charge in [-0.05, 0) is 44.4 Å². The van der Waals surface area contributed by atoms with Gasteiger partial charge in [0.2, 0.25) is 11.8 Å². The van der Waals surface area contributed by atoms with E-state index in [-0.39, 0.29) is 24.3 Å². The molecule has 0 spiro atoms. The molecule has 5 heteroatoms. The van der Waals surface area contributed by atoms with Crippen LogP contribution in [0.3, 0.4) is 0 Å². The van der Waals surface area contributed by atoms with E-state index in [1.807, 2.05) is 63.2 Å². The fourth-order valence-corrected chi connectivity index (χ4v) is 3.16. The third-order valence-corrected chi connectivity index (χ3v) is 5.27. The van der Waals surface area contributed by atoms with Crippen LogP contribution < -0.4 is 5.32 Å². The molecule has 0 saturated carbocycles. The second kappa shape index (κ2) is 10.3. The average molecular weight is 401 g/mol. The Balaban J connectivity index is 2.25. The fourth-order valence-electron chi connectivity index (χ4n) is 2.96. The van der Waals surface area contributed by atoms with Crippen molar-refractivity contribution in [3.8, 4) is 0 Å². The zero-order chi connectivity index (χ0) is 20.7. The largest absolute Gasteiger partial charge is 0.352 e. The molecule has 4 nitrogen and oxygen atoms in total. The van der Waals surface area contributed by atoms with E-state index in [1.165, 1.54) is 0 Å². The molecule has 28 heavy (non-hydrogen) atoms. The second-order valence-corrected chi connectivity index (χ2v) is 7.68. The first kappa shape index (κ1) is 22.0. The standard InChI is InChI=1S/C23H29ClN2O2/c1-5-17(3)25-23(28)18(4)26(15-19-10-8-9-16(2)13-19)22(27)14-20-11-6-7-12-21(20)24/h6-13,17-18H,5,14-15H2,1-4H3,(H,25,28)/t17-,18+/m0/s1.